The highest BCUT2D eigenvalue weighted by Crippen LogP contribution is 2.29. The van der Waals surface area contributed by atoms with Crippen molar-refractivity contribution in [3.05, 3.63) is 18.2 Å². The minimum absolute atomic E-state index is 0.0455. The summed E-state index contributed by atoms with van der Waals surface area (Å²) < 4.78 is 37.0. The molecule has 0 spiro atoms. The number of hydrogen-bond acceptors (Lipinski definition) is 6. The van der Waals surface area contributed by atoms with Gasteiger partial charge in [-0.05, 0) is 25.1 Å². The van der Waals surface area contributed by atoms with E-state index in [1.165, 1.54) is 22.5 Å². The van der Waals surface area contributed by atoms with Crippen LogP contribution in [0.15, 0.2) is 23.1 Å². The van der Waals surface area contributed by atoms with Gasteiger partial charge in [-0.25, -0.2) is 8.42 Å². The molecular formula is C18H28N2O6S. The number of rotatable bonds is 10. The third-order valence-corrected chi connectivity index (χ3v) is 5.73. The van der Waals surface area contributed by atoms with Gasteiger partial charge in [0.1, 0.15) is 5.75 Å². The Bertz CT molecular complexity index is 757. The predicted molar refractivity (Wildman–Crippen MR) is 102 cm³/mol. The van der Waals surface area contributed by atoms with E-state index in [0.29, 0.717) is 25.4 Å². The molecule has 0 heterocycles. The standard InChI is InChI=1S/C18H28N2O6S/c1-6-20(7-2)27(23,24)14-9-10-16(25-8-3)15(11-14)19-17(21)12-26-18(22)13(4)5/h9-11,13H,6-8,12H2,1-5H3,(H,19,21). The first kappa shape index (κ1) is 22.9. The predicted octanol–water partition coefficient (Wildman–Crippen LogP) is 2.25. The van der Waals surface area contributed by atoms with E-state index >= 15 is 0 Å². The first-order chi connectivity index (χ1) is 12.7. The molecule has 0 saturated carbocycles. The lowest BCUT2D eigenvalue weighted by Crippen LogP contribution is -2.30. The normalized spacial score (nSPS) is 11.5. The summed E-state index contributed by atoms with van der Waals surface area (Å²) in [5.41, 5.74) is 0.204. The number of benzene rings is 1. The van der Waals surface area contributed by atoms with E-state index in [2.05, 4.69) is 5.32 Å². The largest absolute Gasteiger partial charge is 0.492 e. The fourth-order valence-corrected chi connectivity index (χ4v) is 3.74. The molecule has 0 atom stereocenters. The molecule has 0 saturated heterocycles. The molecule has 152 valence electrons. The summed E-state index contributed by atoms with van der Waals surface area (Å²) in [5, 5.41) is 2.55. The monoisotopic (exact) mass is 400 g/mol. The second kappa shape index (κ2) is 10.3. The topological polar surface area (TPSA) is 102 Å². The number of nitrogens with zero attached hydrogens (tertiary/aromatic N) is 1. The van der Waals surface area contributed by atoms with Gasteiger partial charge in [0, 0.05) is 13.1 Å². The number of sulfonamides is 1. The molecule has 0 aliphatic carbocycles. The Morgan fingerprint density at radius 1 is 1.15 bits per heavy atom. The molecule has 9 heteroatoms. The van der Waals surface area contributed by atoms with Crippen LogP contribution in [-0.2, 0) is 24.3 Å². The van der Waals surface area contributed by atoms with Gasteiger partial charge in [-0.15, -0.1) is 0 Å². The fourth-order valence-electron chi connectivity index (χ4n) is 2.25. The molecule has 1 aromatic carbocycles. The molecule has 27 heavy (non-hydrogen) atoms. The van der Waals surface area contributed by atoms with Gasteiger partial charge in [0.15, 0.2) is 6.61 Å². The maximum atomic E-state index is 12.7. The average molecular weight is 400 g/mol. The molecule has 1 amide bonds. The zero-order valence-electron chi connectivity index (χ0n) is 16.4. The number of anilines is 1. The first-order valence-corrected chi connectivity index (χ1v) is 10.3. The van der Waals surface area contributed by atoms with Crippen LogP contribution >= 0.6 is 0 Å². The Morgan fingerprint density at radius 2 is 1.78 bits per heavy atom. The molecule has 0 bridgehead atoms. The third-order valence-electron chi connectivity index (χ3n) is 3.69. The number of nitrogens with one attached hydrogen (secondary N) is 1. The van der Waals surface area contributed by atoms with E-state index < -0.39 is 28.5 Å². The quantitative estimate of drug-likeness (QED) is 0.605. The number of carbonyl (C=O) groups is 2. The van der Waals surface area contributed by atoms with Crippen molar-refractivity contribution >= 4 is 27.6 Å². The Balaban J connectivity index is 3.09. The number of hydrogen-bond donors (Lipinski definition) is 1. The molecule has 1 N–H and O–H groups in total. The summed E-state index contributed by atoms with van der Waals surface area (Å²) in [4.78, 5) is 23.6. The molecule has 8 nitrogen and oxygen atoms in total. The molecule has 1 aromatic rings. The van der Waals surface area contributed by atoms with Crippen LogP contribution < -0.4 is 10.1 Å². The summed E-state index contributed by atoms with van der Waals surface area (Å²) in [6, 6.07) is 4.28. The SMILES string of the molecule is CCOc1ccc(S(=O)(=O)N(CC)CC)cc1NC(=O)COC(=O)C(C)C. The molecule has 0 unspecified atom stereocenters. The van der Waals surface area contributed by atoms with Crippen LogP contribution in [0.2, 0.25) is 0 Å². The van der Waals surface area contributed by atoms with E-state index in [-0.39, 0.29) is 16.5 Å². The highest BCUT2D eigenvalue weighted by Gasteiger charge is 2.23. The summed E-state index contributed by atoms with van der Waals surface area (Å²) in [6.07, 6.45) is 0. The van der Waals surface area contributed by atoms with E-state index in [9.17, 15) is 18.0 Å². The maximum Gasteiger partial charge on any atom is 0.308 e. The van der Waals surface area contributed by atoms with Crippen LogP contribution in [-0.4, -0.2) is 50.9 Å². The Labute approximate surface area is 160 Å². The highest BCUT2D eigenvalue weighted by atomic mass is 32.2. The van der Waals surface area contributed by atoms with Crippen LogP contribution in [0.1, 0.15) is 34.6 Å². The summed E-state index contributed by atoms with van der Waals surface area (Å²) >= 11 is 0. The van der Waals surface area contributed by atoms with Crippen LogP contribution in [0.3, 0.4) is 0 Å². The van der Waals surface area contributed by atoms with Gasteiger partial charge in [0.05, 0.1) is 23.1 Å². The van der Waals surface area contributed by atoms with Gasteiger partial charge in [-0.2, -0.15) is 4.31 Å². The van der Waals surface area contributed by atoms with Crippen molar-refractivity contribution in [2.75, 3.05) is 31.6 Å². The van der Waals surface area contributed by atoms with Gasteiger partial charge in [0.2, 0.25) is 10.0 Å². The number of carbonyl (C=O) groups excluding carboxylic acids is 2. The van der Waals surface area contributed by atoms with Crippen molar-refractivity contribution in [1.29, 1.82) is 0 Å². The lowest BCUT2D eigenvalue weighted by Gasteiger charge is -2.20. The van der Waals surface area contributed by atoms with E-state index in [1.807, 2.05) is 0 Å². The van der Waals surface area contributed by atoms with E-state index in [0.717, 1.165) is 0 Å². The lowest BCUT2D eigenvalue weighted by atomic mass is 10.2. The first-order valence-electron chi connectivity index (χ1n) is 8.90. The second-order valence-corrected chi connectivity index (χ2v) is 7.93. The zero-order valence-corrected chi connectivity index (χ0v) is 17.3. The van der Waals surface area contributed by atoms with Crippen molar-refractivity contribution in [2.45, 2.75) is 39.5 Å². The number of amides is 1. The Kier molecular flexibility index (Phi) is 8.71. The summed E-state index contributed by atoms with van der Waals surface area (Å²) in [6.45, 7) is 9.14. The van der Waals surface area contributed by atoms with Crippen molar-refractivity contribution in [3.8, 4) is 5.75 Å². The minimum Gasteiger partial charge on any atom is -0.492 e. The van der Waals surface area contributed by atoms with Crippen molar-refractivity contribution in [3.63, 3.8) is 0 Å². The fraction of sp³-hybridized carbons (Fsp3) is 0.556. The van der Waals surface area contributed by atoms with Crippen LogP contribution in [0, 0.1) is 5.92 Å². The van der Waals surface area contributed by atoms with E-state index in [4.69, 9.17) is 9.47 Å². The molecule has 0 fully saturated rings. The Morgan fingerprint density at radius 3 is 2.30 bits per heavy atom. The third kappa shape index (κ3) is 6.21. The van der Waals surface area contributed by atoms with Gasteiger partial charge in [-0.1, -0.05) is 27.7 Å². The average Bonchev–Trinajstić information content (AvgIpc) is 2.61. The maximum absolute atomic E-state index is 12.7. The highest BCUT2D eigenvalue weighted by molar-refractivity contribution is 7.89. The Hall–Kier alpha value is -2.13. The van der Waals surface area contributed by atoms with Gasteiger partial charge >= 0.3 is 5.97 Å². The lowest BCUT2D eigenvalue weighted by molar-refractivity contribution is -0.150. The van der Waals surface area contributed by atoms with Crippen molar-refractivity contribution in [1.82, 2.24) is 4.31 Å². The van der Waals surface area contributed by atoms with E-state index in [1.54, 1.807) is 34.6 Å². The van der Waals surface area contributed by atoms with Gasteiger partial charge in [0.25, 0.3) is 5.91 Å². The van der Waals surface area contributed by atoms with Crippen LogP contribution in [0.5, 0.6) is 5.75 Å². The second-order valence-electron chi connectivity index (χ2n) is 5.99. The summed E-state index contributed by atoms with van der Waals surface area (Å²) in [7, 11) is -3.69. The van der Waals surface area contributed by atoms with Crippen LogP contribution in [0.4, 0.5) is 5.69 Å². The number of ether oxygens (including phenoxy) is 2. The molecule has 0 aliphatic heterocycles. The van der Waals surface area contributed by atoms with Gasteiger partial charge in [-0.3, -0.25) is 9.59 Å². The molecule has 1 rings (SSSR count). The minimum atomic E-state index is -3.69. The van der Waals surface area contributed by atoms with Crippen molar-refractivity contribution in [2.24, 2.45) is 5.92 Å². The van der Waals surface area contributed by atoms with Crippen LogP contribution in [0.25, 0.3) is 0 Å². The molecule has 0 aromatic heterocycles. The van der Waals surface area contributed by atoms with Gasteiger partial charge < -0.3 is 14.8 Å². The molecule has 0 radical (unpaired) electrons. The number of esters is 1. The van der Waals surface area contributed by atoms with Crippen molar-refractivity contribution < 1.29 is 27.5 Å². The smallest absolute Gasteiger partial charge is 0.308 e. The summed E-state index contributed by atoms with van der Waals surface area (Å²) in [5.74, 6) is -1.09. The molecular weight excluding hydrogens is 372 g/mol. The molecule has 0 aliphatic rings. The zero-order chi connectivity index (χ0) is 20.6.